The Morgan fingerprint density at radius 2 is 2.29 bits per heavy atom. The van der Waals surface area contributed by atoms with Gasteiger partial charge in [0.05, 0.1) is 11.1 Å². The van der Waals surface area contributed by atoms with Crippen LogP contribution in [0, 0.1) is 0 Å². The molecule has 0 amide bonds. The molecule has 14 heavy (non-hydrogen) atoms. The van der Waals surface area contributed by atoms with Crippen molar-refractivity contribution in [2.75, 3.05) is 6.61 Å². The topological polar surface area (TPSA) is 9.23 Å². The lowest BCUT2D eigenvalue weighted by atomic mass is 10.3. The lowest BCUT2D eigenvalue weighted by Crippen LogP contribution is -1.96. The largest absolute Gasteiger partial charge is 0.492 e. The van der Waals surface area contributed by atoms with Gasteiger partial charge in [0.1, 0.15) is 5.75 Å². The molecule has 0 spiro atoms. The highest BCUT2D eigenvalue weighted by atomic mass is 79.9. The number of halogens is 2. The van der Waals surface area contributed by atoms with Crippen LogP contribution in [0.3, 0.4) is 0 Å². The molecular formula is C11H12BrClO. The van der Waals surface area contributed by atoms with Gasteiger partial charge >= 0.3 is 0 Å². The highest BCUT2D eigenvalue weighted by molar-refractivity contribution is 9.10. The molecule has 76 valence electrons. The normalized spacial score (nSPS) is 9.86. The first kappa shape index (κ1) is 11.6. The van der Waals surface area contributed by atoms with E-state index < -0.39 is 0 Å². The summed E-state index contributed by atoms with van der Waals surface area (Å²) >= 11 is 9.19. The molecule has 1 aromatic carbocycles. The van der Waals surface area contributed by atoms with Crippen molar-refractivity contribution in [3.63, 3.8) is 0 Å². The highest BCUT2D eigenvalue weighted by Crippen LogP contribution is 2.27. The lowest BCUT2D eigenvalue weighted by molar-refractivity contribution is 0.310. The number of hydrogen-bond acceptors (Lipinski definition) is 1. The Hall–Kier alpha value is -0.470. The van der Waals surface area contributed by atoms with Crippen LogP contribution in [0.1, 0.15) is 12.8 Å². The first-order chi connectivity index (χ1) is 6.74. The van der Waals surface area contributed by atoms with Gasteiger partial charge in [0, 0.05) is 5.02 Å². The number of hydrogen-bond donors (Lipinski definition) is 0. The molecule has 0 heterocycles. The van der Waals surface area contributed by atoms with Gasteiger partial charge in [0.25, 0.3) is 0 Å². The standard InChI is InChI=1S/C11H12BrClO/c1-2-3-4-7-14-11-6-5-9(13)8-10(11)12/h2,5-6,8H,1,3-4,7H2. The van der Waals surface area contributed by atoms with Crippen LogP contribution >= 0.6 is 27.5 Å². The molecule has 1 aromatic rings. The van der Waals surface area contributed by atoms with Crippen molar-refractivity contribution >= 4 is 27.5 Å². The number of allylic oxidation sites excluding steroid dienone is 1. The van der Waals surface area contributed by atoms with Crippen LogP contribution in [0.5, 0.6) is 5.75 Å². The van der Waals surface area contributed by atoms with Crippen molar-refractivity contribution in [1.29, 1.82) is 0 Å². The van der Waals surface area contributed by atoms with Crippen LogP contribution in [0.15, 0.2) is 35.3 Å². The monoisotopic (exact) mass is 274 g/mol. The third-order valence-electron chi connectivity index (χ3n) is 1.70. The van der Waals surface area contributed by atoms with E-state index in [1.165, 1.54) is 0 Å². The second-order valence-electron chi connectivity index (χ2n) is 2.85. The second-order valence-corrected chi connectivity index (χ2v) is 4.14. The fourth-order valence-electron chi connectivity index (χ4n) is 1.00. The van der Waals surface area contributed by atoms with Crippen LogP contribution in [0.2, 0.25) is 5.02 Å². The highest BCUT2D eigenvalue weighted by Gasteiger charge is 2.00. The van der Waals surface area contributed by atoms with Crippen LogP contribution < -0.4 is 4.74 Å². The molecule has 1 rings (SSSR count). The Kier molecular flexibility index (Phi) is 5.05. The number of ether oxygens (including phenoxy) is 1. The van der Waals surface area contributed by atoms with E-state index >= 15 is 0 Å². The van der Waals surface area contributed by atoms with E-state index in [9.17, 15) is 0 Å². The Balaban J connectivity index is 2.46. The summed E-state index contributed by atoms with van der Waals surface area (Å²) in [5, 5.41) is 0.704. The summed E-state index contributed by atoms with van der Waals surface area (Å²) in [4.78, 5) is 0. The molecule has 0 aromatic heterocycles. The van der Waals surface area contributed by atoms with Gasteiger partial charge in [-0.2, -0.15) is 0 Å². The summed E-state index contributed by atoms with van der Waals surface area (Å²) in [7, 11) is 0. The first-order valence-electron chi connectivity index (χ1n) is 4.43. The molecule has 0 bridgehead atoms. The molecule has 3 heteroatoms. The molecule has 0 aliphatic rings. The molecule has 0 radical (unpaired) electrons. The average molecular weight is 276 g/mol. The first-order valence-corrected chi connectivity index (χ1v) is 5.60. The fourth-order valence-corrected chi connectivity index (χ4v) is 1.80. The number of benzene rings is 1. The van der Waals surface area contributed by atoms with Crippen molar-refractivity contribution in [2.45, 2.75) is 12.8 Å². The minimum Gasteiger partial charge on any atom is -0.492 e. The summed E-state index contributed by atoms with van der Waals surface area (Å²) < 4.78 is 6.43. The summed E-state index contributed by atoms with van der Waals surface area (Å²) in [5.41, 5.74) is 0. The lowest BCUT2D eigenvalue weighted by Gasteiger charge is -2.07. The minimum atomic E-state index is 0.701. The van der Waals surface area contributed by atoms with Gasteiger partial charge in [0.15, 0.2) is 0 Å². The van der Waals surface area contributed by atoms with Crippen LogP contribution in [0.4, 0.5) is 0 Å². The van der Waals surface area contributed by atoms with Crippen LogP contribution in [-0.4, -0.2) is 6.61 Å². The van der Waals surface area contributed by atoms with Gasteiger partial charge in [-0.15, -0.1) is 6.58 Å². The van der Waals surface area contributed by atoms with Gasteiger partial charge in [-0.3, -0.25) is 0 Å². The van der Waals surface area contributed by atoms with Crippen LogP contribution in [-0.2, 0) is 0 Å². The van der Waals surface area contributed by atoms with Crippen molar-refractivity contribution in [3.05, 3.63) is 40.3 Å². The van der Waals surface area contributed by atoms with Gasteiger partial charge < -0.3 is 4.74 Å². The average Bonchev–Trinajstić information content (AvgIpc) is 2.15. The predicted molar refractivity (Wildman–Crippen MR) is 64.1 cm³/mol. The Morgan fingerprint density at radius 3 is 2.93 bits per heavy atom. The summed E-state index contributed by atoms with van der Waals surface area (Å²) in [6.07, 6.45) is 3.85. The van der Waals surface area contributed by atoms with E-state index in [-0.39, 0.29) is 0 Å². The quantitative estimate of drug-likeness (QED) is 0.570. The summed E-state index contributed by atoms with van der Waals surface area (Å²) in [6.45, 7) is 4.35. The van der Waals surface area contributed by atoms with Crippen molar-refractivity contribution < 1.29 is 4.74 Å². The maximum absolute atomic E-state index is 5.80. The van der Waals surface area contributed by atoms with E-state index in [1.807, 2.05) is 24.3 Å². The molecule has 0 fully saturated rings. The van der Waals surface area contributed by atoms with Gasteiger partial charge in [-0.25, -0.2) is 0 Å². The zero-order valence-corrected chi connectivity index (χ0v) is 10.1. The summed E-state index contributed by atoms with van der Waals surface area (Å²) in [5.74, 6) is 0.832. The molecule has 0 saturated carbocycles. The zero-order chi connectivity index (χ0) is 10.4. The maximum Gasteiger partial charge on any atom is 0.133 e. The van der Waals surface area contributed by atoms with E-state index in [0.717, 1.165) is 23.1 Å². The maximum atomic E-state index is 5.80. The smallest absolute Gasteiger partial charge is 0.133 e. The number of rotatable bonds is 5. The number of unbranched alkanes of at least 4 members (excludes halogenated alkanes) is 1. The molecule has 0 unspecified atom stereocenters. The fraction of sp³-hybridized carbons (Fsp3) is 0.273. The van der Waals surface area contributed by atoms with Crippen molar-refractivity contribution in [2.24, 2.45) is 0 Å². The third kappa shape index (κ3) is 3.72. The van der Waals surface area contributed by atoms with Crippen molar-refractivity contribution in [3.8, 4) is 5.75 Å². The minimum absolute atomic E-state index is 0.701. The molecule has 0 N–H and O–H groups in total. The van der Waals surface area contributed by atoms with Gasteiger partial charge in [-0.1, -0.05) is 17.7 Å². The molecule has 0 saturated heterocycles. The van der Waals surface area contributed by atoms with Gasteiger partial charge in [0.2, 0.25) is 0 Å². The molecule has 0 aliphatic carbocycles. The van der Waals surface area contributed by atoms with E-state index in [1.54, 1.807) is 0 Å². The second kappa shape index (κ2) is 6.10. The van der Waals surface area contributed by atoms with Crippen molar-refractivity contribution in [1.82, 2.24) is 0 Å². The van der Waals surface area contributed by atoms with Gasteiger partial charge in [-0.05, 0) is 47.0 Å². The SMILES string of the molecule is C=CCCCOc1ccc(Cl)cc1Br. The molecule has 0 aliphatic heterocycles. The van der Waals surface area contributed by atoms with E-state index in [0.29, 0.717) is 11.6 Å². The van der Waals surface area contributed by atoms with E-state index in [2.05, 4.69) is 22.5 Å². The molecule has 1 nitrogen and oxygen atoms in total. The van der Waals surface area contributed by atoms with Crippen LogP contribution in [0.25, 0.3) is 0 Å². The zero-order valence-electron chi connectivity index (χ0n) is 7.80. The Morgan fingerprint density at radius 1 is 1.50 bits per heavy atom. The van der Waals surface area contributed by atoms with E-state index in [4.69, 9.17) is 16.3 Å². The molecule has 0 atom stereocenters. The third-order valence-corrected chi connectivity index (χ3v) is 2.56. The Bertz CT molecular complexity index is 312. The Labute approximate surface area is 97.9 Å². The summed E-state index contributed by atoms with van der Waals surface area (Å²) in [6, 6.07) is 5.50. The predicted octanol–water partition coefficient (Wildman–Crippen LogP) is 4.45. The molecular weight excluding hydrogens is 263 g/mol.